The summed E-state index contributed by atoms with van der Waals surface area (Å²) in [6, 6.07) is 57.3. The number of benzene rings is 6. The minimum absolute atomic E-state index is 0.0185. The van der Waals surface area contributed by atoms with Crippen LogP contribution in [0.5, 0.6) is 0 Å². The van der Waals surface area contributed by atoms with Gasteiger partial charge in [0.25, 0.3) is 0 Å². The Balaban J connectivity index is 1.28. The van der Waals surface area contributed by atoms with E-state index in [2.05, 4.69) is 83.1 Å². The fourth-order valence-corrected chi connectivity index (χ4v) is 26.8. The number of carbonyl (C=O) groups excluding carboxylic acids is 3. The second-order valence-electron chi connectivity index (χ2n) is 29.4. The third-order valence-electron chi connectivity index (χ3n) is 20.7. The molecule has 3 saturated heterocycles. The fraction of sp³-hybridized carbons (Fsp3) is 0.530. The third-order valence-corrected chi connectivity index (χ3v) is 32.8. The third kappa shape index (κ3) is 19.9. The van der Waals surface area contributed by atoms with Crippen LogP contribution in [0.1, 0.15) is 135 Å². The Kier molecular flexibility index (Phi) is 29.8. The van der Waals surface area contributed by atoms with Crippen molar-refractivity contribution >= 4 is 34.5 Å². The summed E-state index contributed by atoms with van der Waals surface area (Å²) in [5, 5.41) is 0. The minimum Gasteiger partial charge on any atom is -0.463 e. The molecule has 19 nitrogen and oxygen atoms in total. The average Bonchev–Trinajstić information content (AvgIpc) is 1.58. The van der Waals surface area contributed by atoms with E-state index in [0.29, 0.717) is 0 Å². The van der Waals surface area contributed by atoms with E-state index in [-0.39, 0.29) is 91.7 Å². The number of hydrogen-bond donors (Lipinski definition) is 0. The van der Waals surface area contributed by atoms with E-state index in [1.165, 1.54) is 21.0 Å². The highest BCUT2D eigenvalue weighted by atomic mass is 28.4. The number of methoxy groups -OCH3 is 1. The molecule has 3 heterocycles. The van der Waals surface area contributed by atoms with Crippen molar-refractivity contribution in [2.75, 3.05) is 46.8 Å². The van der Waals surface area contributed by atoms with Gasteiger partial charge in [-0.15, -0.1) is 0 Å². The summed E-state index contributed by atoms with van der Waals surface area (Å²) in [5.41, 5.74) is 4.96. The molecule has 0 aromatic heterocycles. The summed E-state index contributed by atoms with van der Waals surface area (Å²) >= 11 is 0. The van der Waals surface area contributed by atoms with Crippen LogP contribution in [0, 0.1) is 0 Å². The van der Waals surface area contributed by atoms with E-state index in [1.807, 2.05) is 152 Å². The smallest absolute Gasteiger partial charge is 0.338 e. The standard InChI is InChI=1S/C83H112O19Si2/c1-57(2)103(58(3)4,59(5)6)97-56-83(79(94-50-69-42-30-20-31-43-69)76(73(101-83)53-90-64(14)85)102-104(60(7)8,61(9)10)62(11)12)96-55-82(78(93-49-68-40-28-19-29-41-68)75(72(100-82)52-89-63(13)84)98-80(86)70-44-32-21-33-45-70)95-54-81(87-15)77(92-48-67-38-26-18-27-39-67)74(91-47-66-36-24-17-25-37-66)71(99-81)51-88-46-65-34-22-16-23-35-65/h16-45,57-62,71-79H,46-56H2,1-15H3/t71-,72-,73-,74-,75-,76-,77+,78+,79+,81-,82-,83-/m1/s1. The second kappa shape index (κ2) is 37.9. The van der Waals surface area contributed by atoms with Gasteiger partial charge in [-0.25, -0.2) is 4.79 Å². The fourth-order valence-electron chi connectivity index (χ4n) is 15.8. The molecule has 104 heavy (non-hydrogen) atoms. The molecule has 12 atom stereocenters. The maximum absolute atomic E-state index is 15.0. The highest BCUT2D eigenvalue weighted by molar-refractivity contribution is 6.78. The monoisotopic (exact) mass is 1470 g/mol. The van der Waals surface area contributed by atoms with Gasteiger partial charge in [-0.3, -0.25) is 9.59 Å². The Bertz CT molecular complexity index is 3500. The Hall–Kier alpha value is -6.36. The predicted molar refractivity (Wildman–Crippen MR) is 400 cm³/mol. The van der Waals surface area contributed by atoms with Gasteiger partial charge in [-0.05, 0) is 73.2 Å². The van der Waals surface area contributed by atoms with E-state index < -0.39 is 127 Å². The molecule has 6 aromatic carbocycles. The molecular weight excluding hydrogens is 1360 g/mol. The molecule has 6 aromatic rings. The first kappa shape index (κ1) is 81.7. The van der Waals surface area contributed by atoms with Gasteiger partial charge in [0.2, 0.25) is 34.0 Å². The molecule has 0 bridgehead atoms. The molecule has 9 rings (SSSR count). The SMILES string of the molecule is CO[C@]1(CO[C@]2(CO[C@]3(CO[Si](C(C)C)(C(C)C)C(C)C)O[C@H](COC(C)=O)[C@@H](O[Si](C(C)C)(C(C)C)C(C)C)[C@@H]3OCc3ccccc3)O[C@H](COC(C)=O)[C@@H](OC(=O)c3ccccc3)[C@@H]2OCc2ccccc2)O[C@H](COCc2ccccc2)[C@@H](OCc2ccccc2)[C@@H]1OCc1ccccc1. The largest absolute Gasteiger partial charge is 0.463 e. The van der Waals surface area contributed by atoms with Gasteiger partial charge in [0.1, 0.15) is 69.2 Å². The predicted octanol–water partition coefficient (Wildman–Crippen LogP) is 15.6. The summed E-state index contributed by atoms with van der Waals surface area (Å²) in [6.07, 6.45) is -10.2. The van der Waals surface area contributed by atoms with Crippen LogP contribution in [-0.2, 0) is 118 Å². The minimum atomic E-state index is -2.96. The molecule has 0 aliphatic carbocycles. The van der Waals surface area contributed by atoms with Crippen LogP contribution in [0.25, 0.3) is 0 Å². The number of esters is 3. The van der Waals surface area contributed by atoms with Crippen LogP contribution in [0.15, 0.2) is 182 Å². The van der Waals surface area contributed by atoms with Crippen molar-refractivity contribution in [2.45, 2.75) is 236 Å². The summed E-state index contributed by atoms with van der Waals surface area (Å²) < 4.78 is 115. The van der Waals surface area contributed by atoms with Crippen molar-refractivity contribution in [1.82, 2.24) is 0 Å². The zero-order chi connectivity index (χ0) is 74.7. The molecule has 3 aliphatic rings. The van der Waals surface area contributed by atoms with Gasteiger partial charge in [0.05, 0.1) is 51.8 Å². The normalized spacial score (nSPS) is 25.1. The van der Waals surface area contributed by atoms with Crippen LogP contribution in [0.4, 0.5) is 0 Å². The van der Waals surface area contributed by atoms with E-state index in [9.17, 15) is 14.4 Å². The molecule has 21 heteroatoms. The first-order valence-electron chi connectivity index (χ1n) is 36.9. The van der Waals surface area contributed by atoms with Crippen LogP contribution >= 0.6 is 0 Å². The van der Waals surface area contributed by atoms with Gasteiger partial charge in [0, 0.05) is 21.0 Å². The average molecular weight is 1470 g/mol. The van der Waals surface area contributed by atoms with Crippen LogP contribution in [0.2, 0.25) is 33.2 Å². The van der Waals surface area contributed by atoms with Gasteiger partial charge in [0.15, 0.2) is 12.2 Å². The molecule has 0 spiro atoms. The lowest BCUT2D eigenvalue weighted by atomic mass is 10.0. The summed E-state index contributed by atoms with van der Waals surface area (Å²) in [5.74, 6) is -8.06. The highest BCUT2D eigenvalue weighted by Gasteiger charge is 2.68. The zero-order valence-corrected chi connectivity index (χ0v) is 65.5. The van der Waals surface area contributed by atoms with Crippen molar-refractivity contribution in [2.24, 2.45) is 0 Å². The quantitative estimate of drug-likeness (QED) is 0.0200. The zero-order valence-electron chi connectivity index (χ0n) is 63.5. The first-order chi connectivity index (χ1) is 49.9. The number of hydrogen-bond acceptors (Lipinski definition) is 19. The topological polar surface area (TPSA) is 199 Å². The van der Waals surface area contributed by atoms with Gasteiger partial charge >= 0.3 is 17.9 Å². The Morgan fingerprint density at radius 3 is 1.11 bits per heavy atom. The van der Waals surface area contributed by atoms with Crippen molar-refractivity contribution in [3.8, 4) is 0 Å². The van der Waals surface area contributed by atoms with Gasteiger partial charge < -0.3 is 75.2 Å². The van der Waals surface area contributed by atoms with Gasteiger partial charge in [-0.1, -0.05) is 253 Å². The Morgan fingerprint density at radius 2 is 0.712 bits per heavy atom. The van der Waals surface area contributed by atoms with Crippen molar-refractivity contribution in [3.05, 3.63) is 215 Å². The summed E-state index contributed by atoms with van der Waals surface area (Å²) in [4.78, 5) is 41.5. The van der Waals surface area contributed by atoms with E-state index in [1.54, 1.807) is 30.3 Å². The molecule has 0 unspecified atom stereocenters. The van der Waals surface area contributed by atoms with Gasteiger partial charge in [-0.2, -0.15) is 0 Å². The molecule has 3 fully saturated rings. The first-order valence-corrected chi connectivity index (χ1v) is 41.1. The Morgan fingerprint density at radius 1 is 0.385 bits per heavy atom. The second-order valence-corrected chi connectivity index (χ2v) is 40.3. The lowest BCUT2D eigenvalue weighted by molar-refractivity contribution is -0.367. The van der Waals surface area contributed by atoms with Crippen molar-refractivity contribution in [3.63, 3.8) is 0 Å². The number of ether oxygens (including phenoxy) is 14. The maximum atomic E-state index is 15.0. The molecule has 3 aliphatic heterocycles. The molecular formula is C83H112O19Si2. The number of rotatable bonds is 40. The van der Waals surface area contributed by atoms with Crippen molar-refractivity contribution < 1.29 is 89.6 Å². The summed E-state index contributed by atoms with van der Waals surface area (Å²) in [7, 11) is -4.38. The van der Waals surface area contributed by atoms with Crippen LogP contribution in [0.3, 0.4) is 0 Å². The molecule has 0 amide bonds. The molecule has 0 radical (unpaired) electrons. The van der Waals surface area contributed by atoms with E-state index in [4.69, 9.17) is 75.2 Å². The lowest BCUT2D eigenvalue weighted by Crippen LogP contribution is -2.61. The van der Waals surface area contributed by atoms with E-state index in [0.717, 1.165) is 27.8 Å². The molecule has 566 valence electrons. The van der Waals surface area contributed by atoms with Crippen LogP contribution in [-0.4, -0.2) is 154 Å². The highest BCUT2D eigenvalue weighted by Crippen LogP contribution is 2.51. The maximum Gasteiger partial charge on any atom is 0.338 e. The van der Waals surface area contributed by atoms with Crippen molar-refractivity contribution in [1.29, 1.82) is 0 Å². The van der Waals surface area contributed by atoms with Crippen LogP contribution < -0.4 is 0 Å². The van der Waals surface area contributed by atoms with E-state index >= 15 is 0 Å². The lowest BCUT2D eigenvalue weighted by Gasteiger charge is -2.47. The molecule has 0 N–H and O–H groups in total. The molecule has 0 saturated carbocycles. The summed E-state index contributed by atoms with van der Waals surface area (Å²) in [6.45, 7) is 27.5. The Labute approximate surface area is 618 Å². The number of carbonyl (C=O) groups is 3.